The minimum absolute atomic E-state index is 0.143. The predicted octanol–water partition coefficient (Wildman–Crippen LogP) is 3.39. The molecule has 0 N–H and O–H groups in total. The molecule has 1 aliphatic heterocycles. The second kappa shape index (κ2) is 7.40. The van der Waals surface area contributed by atoms with Crippen LogP contribution >= 0.6 is 0 Å². The molecule has 26 heavy (non-hydrogen) atoms. The van der Waals surface area contributed by atoms with Gasteiger partial charge < -0.3 is 9.47 Å². The van der Waals surface area contributed by atoms with Gasteiger partial charge in [0.15, 0.2) is 9.84 Å². The number of amides is 1. The number of carbonyl (C=O) groups is 1. The molecule has 1 saturated heterocycles. The molecule has 0 spiro atoms. The van der Waals surface area contributed by atoms with Crippen LogP contribution in [-0.2, 0) is 19.3 Å². The smallest absolute Gasteiger partial charge is 0.413 e. The zero-order chi connectivity index (χ0) is 19.6. The van der Waals surface area contributed by atoms with Gasteiger partial charge >= 0.3 is 6.09 Å². The maximum atomic E-state index is 12.5. The summed E-state index contributed by atoms with van der Waals surface area (Å²) in [6.45, 7) is 9.25. The highest BCUT2D eigenvalue weighted by atomic mass is 32.2. The van der Waals surface area contributed by atoms with Gasteiger partial charge in [-0.15, -0.1) is 0 Å². The summed E-state index contributed by atoms with van der Waals surface area (Å²) in [6.07, 6.45) is 2.77. The van der Waals surface area contributed by atoms with Crippen LogP contribution in [0.1, 0.15) is 34.6 Å². The standard InChI is InChI=1S/C19H27NO5S/c1-18(2,3)25-17(21)20-15(14-24-19(20,4)5)10-9-13-26(22,23)16-11-7-6-8-12-16/h6-12,15H,13-14H2,1-5H3/b10-9+/t15-/m1/s1. The predicted molar refractivity (Wildman–Crippen MR) is 99.5 cm³/mol. The molecular formula is C19H27NO5S. The van der Waals surface area contributed by atoms with E-state index in [1.807, 2.05) is 0 Å². The Morgan fingerprint density at radius 1 is 1.31 bits per heavy atom. The SMILES string of the molecule is CC(C)(C)OC(=O)N1[C@H](/C=C/CS(=O)(=O)c2ccccc2)COC1(C)C. The van der Waals surface area contributed by atoms with Crippen LogP contribution in [-0.4, -0.2) is 49.1 Å². The Kier molecular flexibility index (Phi) is 5.82. The summed E-state index contributed by atoms with van der Waals surface area (Å²) < 4.78 is 35.8. The minimum atomic E-state index is -3.41. The van der Waals surface area contributed by atoms with Crippen molar-refractivity contribution in [2.75, 3.05) is 12.4 Å². The second-order valence-electron chi connectivity index (χ2n) is 7.70. The molecule has 1 atom stereocenters. The number of ether oxygens (including phenoxy) is 2. The first-order valence-electron chi connectivity index (χ1n) is 8.53. The van der Waals surface area contributed by atoms with E-state index in [9.17, 15) is 13.2 Å². The van der Waals surface area contributed by atoms with Crippen LogP contribution in [0.2, 0.25) is 0 Å². The number of rotatable bonds is 4. The van der Waals surface area contributed by atoms with Crippen molar-refractivity contribution in [1.29, 1.82) is 0 Å². The Balaban J connectivity index is 2.12. The Morgan fingerprint density at radius 3 is 2.50 bits per heavy atom. The first kappa shape index (κ1) is 20.5. The van der Waals surface area contributed by atoms with Gasteiger partial charge in [-0.25, -0.2) is 13.2 Å². The van der Waals surface area contributed by atoms with Crippen molar-refractivity contribution in [1.82, 2.24) is 4.90 Å². The summed E-state index contributed by atoms with van der Waals surface area (Å²) >= 11 is 0. The average molecular weight is 381 g/mol. The lowest BCUT2D eigenvalue weighted by atomic mass is 10.2. The van der Waals surface area contributed by atoms with Gasteiger partial charge in [-0.2, -0.15) is 0 Å². The maximum Gasteiger partial charge on any atom is 0.413 e. The highest BCUT2D eigenvalue weighted by molar-refractivity contribution is 7.91. The summed E-state index contributed by atoms with van der Waals surface area (Å²) in [6, 6.07) is 7.90. The Morgan fingerprint density at radius 2 is 1.92 bits per heavy atom. The van der Waals surface area contributed by atoms with Gasteiger partial charge in [0.25, 0.3) is 0 Å². The van der Waals surface area contributed by atoms with Gasteiger partial charge in [0, 0.05) is 0 Å². The Labute approximate surface area is 155 Å². The number of sulfone groups is 1. The van der Waals surface area contributed by atoms with E-state index in [1.54, 1.807) is 77.1 Å². The van der Waals surface area contributed by atoms with E-state index < -0.39 is 27.3 Å². The van der Waals surface area contributed by atoms with Crippen molar-refractivity contribution < 1.29 is 22.7 Å². The third-order valence-corrected chi connectivity index (χ3v) is 5.51. The lowest BCUT2D eigenvalue weighted by molar-refractivity contribution is -0.0610. The highest BCUT2D eigenvalue weighted by Gasteiger charge is 2.44. The number of carbonyl (C=O) groups excluding carboxylic acids is 1. The van der Waals surface area contributed by atoms with Gasteiger partial charge in [0.1, 0.15) is 11.3 Å². The maximum absolute atomic E-state index is 12.5. The molecule has 0 aromatic heterocycles. The molecule has 1 aromatic rings. The lowest BCUT2D eigenvalue weighted by Crippen LogP contribution is -2.49. The topological polar surface area (TPSA) is 72.9 Å². The molecule has 1 aliphatic rings. The van der Waals surface area contributed by atoms with E-state index in [-0.39, 0.29) is 23.3 Å². The average Bonchev–Trinajstić information content (AvgIpc) is 2.81. The van der Waals surface area contributed by atoms with E-state index in [2.05, 4.69) is 0 Å². The summed E-state index contributed by atoms with van der Waals surface area (Å²) in [5, 5.41) is 0. The van der Waals surface area contributed by atoms with Gasteiger partial charge in [0.05, 0.1) is 23.3 Å². The molecule has 1 aromatic carbocycles. The van der Waals surface area contributed by atoms with Crippen molar-refractivity contribution in [3.8, 4) is 0 Å². The summed E-state index contributed by atoms with van der Waals surface area (Å²) in [4.78, 5) is 14.3. The molecule has 0 radical (unpaired) electrons. The molecule has 7 heteroatoms. The highest BCUT2D eigenvalue weighted by Crippen LogP contribution is 2.30. The first-order valence-corrected chi connectivity index (χ1v) is 10.2. The fourth-order valence-electron chi connectivity index (χ4n) is 2.70. The Bertz CT molecular complexity index is 763. The number of hydrogen-bond donors (Lipinski definition) is 0. The van der Waals surface area contributed by atoms with Crippen LogP contribution in [0.5, 0.6) is 0 Å². The van der Waals surface area contributed by atoms with Crippen molar-refractivity contribution in [2.45, 2.75) is 56.9 Å². The third kappa shape index (κ3) is 5.08. The molecule has 0 bridgehead atoms. The molecule has 2 rings (SSSR count). The molecule has 6 nitrogen and oxygen atoms in total. The van der Waals surface area contributed by atoms with Gasteiger partial charge in [0.2, 0.25) is 0 Å². The summed E-state index contributed by atoms with van der Waals surface area (Å²) in [5.41, 5.74) is -1.45. The van der Waals surface area contributed by atoms with Crippen LogP contribution in [0.4, 0.5) is 4.79 Å². The minimum Gasteiger partial charge on any atom is -0.444 e. The largest absolute Gasteiger partial charge is 0.444 e. The molecule has 144 valence electrons. The normalized spacial score (nSPS) is 20.5. The van der Waals surface area contributed by atoms with Gasteiger partial charge in [-0.05, 0) is 46.8 Å². The molecule has 0 aliphatic carbocycles. The molecule has 1 heterocycles. The fourth-order valence-corrected chi connectivity index (χ4v) is 3.83. The van der Waals surface area contributed by atoms with E-state index in [4.69, 9.17) is 9.47 Å². The van der Waals surface area contributed by atoms with Crippen LogP contribution in [0.3, 0.4) is 0 Å². The van der Waals surface area contributed by atoms with E-state index >= 15 is 0 Å². The molecule has 0 saturated carbocycles. The monoisotopic (exact) mass is 381 g/mol. The Hall–Kier alpha value is -1.86. The van der Waals surface area contributed by atoms with Crippen LogP contribution in [0, 0.1) is 0 Å². The van der Waals surface area contributed by atoms with E-state index in [1.165, 1.54) is 4.90 Å². The van der Waals surface area contributed by atoms with Crippen molar-refractivity contribution >= 4 is 15.9 Å². The molecular weight excluding hydrogens is 354 g/mol. The zero-order valence-corrected chi connectivity index (χ0v) is 16.7. The number of nitrogens with zero attached hydrogens (tertiary/aromatic N) is 1. The zero-order valence-electron chi connectivity index (χ0n) is 15.9. The third-order valence-electron chi connectivity index (χ3n) is 3.89. The molecule has 0 unspecified atom stereocenters. The number of hydrogen-bond acceptors (Lipinski definition) is 5. The van der Waals surface area contributed by atoms with Gasteiger partial charge in [-0.1, -0.05) is 30.4 Å². The van der Waals surface area contributed by atoms with Crippen molar-refractivity contribution in [3.05, 3.63) is 42.5 Å². The number of benzene rings is 1. The second-order valence-corrected chi connectivity index (χ2v) is 9.73. The van der Waals surface area contributed by atoms with Crippen LogP contribution in [0.15, 0.2) is 47.4 Å². The van der Waals surface area contributed by atoms with Crippen LogP contribution < -0.4 is 0 Å². The van der Waals surface area contributed by atoms with Crippen molar-refractivity contribution in [3.63, 3.8) is 0 Å². The van der Waals surface area contributed by atoms with Crippen LogP contribution in [0.25, 0.3) is 0 Å². The van der Waals surface area contributed by atoms with E-state index in [0.717, 1.165) is 0 Å². The lowest BCUT2D eigenvalue weighted by Gasteiger charge is -2.34. The summed E-state index contributed by atoms with van der Waals surface area (Å²) in [5.74, 6) is -0.143. The molecule has 1 fully saturated rings. The molecule has 1 amide bonds. The quantitative estimate of drug-likeness (QED) is 0.748. The van der Waals surface area contributed by atoms with Gasteiger partial charge in [-0.3, -0.25) is 4.90 Å². The first-order chi connectivity index (χ1) is 11.9. The summed E-state index contributed by atoms with van der Waals surface area (Å²) in [7, 11) is -3.41. The van der Waals surface area contributed by atoms with E-state index in [0.29, 0.717) is 0 Å². The van der Waals surface area contributed by atoms with Crippen molar-refractivity contribution in [2.24, 2.45) is 0 Å². The fraction of sp³-hybridized carbons (Fsp3) is 0.526.